The Morgan fingerprint density at radius 1 is 1.33 bits per heavy atom. The second-order valence-corrected chi connectivity index (χ2v) is 5.95. The van der Waals surface area contributed by atoms with E-state index in [1.54, 1.807) is 11.0 Å². The van der Waals surface area contributed by atoms with Crippen LogP contribution in [0.5, 0.6) is 0 Å². The zero-order chi connectivity index (χ0) is 15.6. The molecule has 0 radical (unpaired) electrons. The molecule has 0 unspecified atom stereocenters. The zero-order valence-electron chi connectivity index (χ0n) is 11.8. The maximum absolute atomic E-state index is 12.3. The third kappa shape index (κ3) is 3.95. The molecule has 0 bridgehead atoms. The van der Waals surface area contributed by atoms with Gasteiger partial charge in [0.25, 0.3) is 0 Å². The molecule has 0 saturated carbocycles. The molecule has 0 aromatic heterocycles. The van der Waals surface area contributed by atoms with Crippen LogP contribution in [0, 0.1) is 0 Å². The van der Waals surface area contributed by atoms with E-state index < -0.39 is 5.97 Å². The fourth-order valence-corrected chi connectivity index (χ4v) is 2.64. The van der Waals surface area contributed by atoms with E-state index in [1.807, 2.05) is 13.8 Å². The third-order valence-corrected chi connectivity index (χ3v) is 3.85. The summed E-state index contributed by atoms with van der Waals surface area (Å²) in [5.41, 5.74) is 0.559. The Hall–Kier alpha value is -1.60. The first-order valence-corrected chi connectivity index (χ1v) is 7.40. The van der Waals surface area contributed by atoms with E-state index in [-0.39, 0.29) is 23.8 Å². The molecule has 1 aliphatic heterocycles. The minimum Gasteiger partial charge on any atom is -0.478 e. The van der Waals surface area contributed by atoms with Gasteiger partial charge in [0.15, 0.2) is 0 Å². The van der Waals surface area contributed by atoms with Gasteiger partial charge < -0.3 is 20.1 Å². The average molecular weight is 357 g/mol. The second kappa shape index (κ2) is 6.44. The van der Waals surface area contributed by atoms with Crippen molar-refractivity contribution < 1.29 is 19.4 Å². The van der Waals surface area contributed by atoms with Crippen LogP contribution in [0.1, 0.15) is 24.2 Å². The molecule has 114 valence electrons. The smallest absolute Gasteiger partial charge is 0.335 e. The van der Waals surface area contributed by atoms with Gasteiger partial charge in [-0.15, -0.1) is 0 Å². The summed E-state index contributed by atoms with van der Waals surface area (Å²) >= 11 is 3.30. The maximum Gasteiger partial charge on any atom is 0.335 e. The highest BCUT2D eigenvalue weighted by molar-refractivity contribution is 9.10. The van der Waals surface area contributed by atoms with Gasteiger partial charge in [-0.05, 0) is 48.0 Å². The number of aromatic carboxylic acids is 1. The van der Waals surface area contributed by atoms with Gasteiger partial charge in [0, 0.05) is 17.6 Å². The number of halogens is 1. The summed E-state index contributed by atoms with van der Waals surface area (Å²) < 4.78 is 6.22. The highest BCUT2D eigenvalue weighted by Gasteiger charge is 2.26. The molecule has 1 saturated heterocycles. The molecule has 1 aliphatic rings. The third-order valence-electron chi connectivity index (χ3n) is 3.16. The van der Waals surface area contributed by atoms with E-state index in [0.29, 0.717) is 23.2 Å². The van der Waals surface area contributed by atoms with Crippen LogP contribution in [-0.2, 0) is 4.74 Å². The molecule has 7 heteroatoms. The van der Waals surface area contributed by atoms with Crippen LogP contribution in [0.15, 0.2) is 22.7 Å². The van der Waals surface area contributed by atoms with Gasteiger partial charge in [-0.2, -0.15) is 0 Å². The lowest BCUT2D eigenvalue weighted by atomic mass is 10.2. The molecule has 2 rings (SSSR count). The summed E-state index contributed by atoms with van der Waals surface area (Å²) in [6.45, 7) is 4.84. The Morgan fingerprint density at radius 3 is 2.52 bits per heavy atom. The quantitative estimate of drug-likeness (QED) is 0.853. The van der Waals surface area contributed by atoms with E-state index >= 15 is 0 Å². The molecular formula is C14H17BrN2O4. The average Bonchev–Trinajstić information content (AvgIpc) is 2.39. The molecular weight excluding hydrogens is 340 g/mol. The first kappa shape index (κ1) is 15.8. The molecule has 2 N–H and O–H groups in total. The number of hydrogen-bond acceptors (Lipinski definition) is 3. The van der Waals surface area contributed by atoms with E-state index in [1.165, 1.54) is 12.1 Å². The molecule has 0 spiro atoms. The second-order valence-electron chi connectivity index (χ2n) is 5.09. The predicted molar refractivity (Wildman–Crippen MR) is 81.7 cm³/mol. The van der Waals surface area contributed by atoms with Gasteiger partial charge in [-0.25, -0.2) is 9.59 Å². The SMILES string of the molecule is C[C@@H]1CN(C(=O)Nc2cc(C(=O)O)ccc2Br)C[C@H](C)O1. The normalized spacial score (nSPS) is 22.0. The van der Waals surface area contributed by atoms with Crippen molar-refractivity contribution in [3.05, 3.63) is 28.2 Å². The van der Waals surface area contributed by atoms with Gasteiger partial charge in [-0.3, -0.25) is 0 Å². The number of hydrogen-bond donors (Lipinski definition) is 2. The minimum atomic E-state index is -1.04. The van der Waals surface area contributed by atoms with E-state index in [9.17, 15) is 9.59 Å². The van der Waals surface area contributed by atoms with Crippen molar-refractivity contribution in [2.45, 2.75) is 26.1 Å². The summed E-state index contributed by atoms with van der Waals surface area (Å²) in [6, 6.07) is 4.24. The van der Waals surface area contributed by atoms with Crippen molar-refractivity contribution in [1.29, 1.82) is 0 Å². The van der Waals surface area contributed by atoms with Crippen molar-refractivity contribution in [3.63, 3.8) is 0 Å². The molecule has 1 fully saturated rings. The van der Waals surface area contributed by atoms with Crippen LogP contribution >= 0.6 is 15.9 Å². The summed E-state index contributed by atoms with van der Waals surface area (Å²) in [5.74, 6) is -1.04. The van der Waals surface area contributed by atoms with Gasteiger partial charge in [0.2, 0.25) is 0 Å². The number of carboxylic acids is 1. The number of anilines is 1. The number of urea groups is 1. The monoisotopic (exact) mass is 356 g/mol. The lowest BCUT2D eigenvalue weighted by Crippen LogP contribution is -2.49. The number of amides is 2. The fraction of sp³-hybridized carbons (Fsp3) is 0.429. The fourth-order valence-electron chi connectivity index (χ4n) is 2.29. The molecule has 21 heavy (non-hydrogen) atoms. The van der Waals surface area contributed by atoms with Gasteiger partial charge in [0.1, 0.15) is 0 Å². The Kier molecular flexibility index (Phi) is 4.84. The molecule has 1 aromatic carbocycles. The lowest BCUT2D eigenvalue weighted by Gasteiger charge is -2.35. The van der Waals surface area contributed by atoms with Crippen LogP contribution in [-0.4, -0.2) is 47.3 Å². The molecule has 6 nitrogen and oxygen atoms in total. The Morgan fingerprint density at radius 2 is 1.95 bits per heavy atom. The van der Waals surface area contributed by atoms with Crippen molar-refractivity contribution in [2.75, 3.05) is 18.4 Å². The molecule has 0 aliphatic carbocycles. The number of rotatable bonds is 2. The van der Waals surface area contributed by atoms with Gasteiger partial charge >= 0.3 is 12.0 Å². The maximum atomic E-state index is 12.3. The van der Waals surface area contributed by atoms with Crippen molar-refractivity contribution >= 4 is 33.6 Å². The van der Waals surface area contributed by atoms with Crippen LogP contribution in [0.4, 0.5) is 10.5 Å². The molecule has 1 aromatic rings. The number of carbonyl (C=O) groups is 2. The Balaban J connectivity index is 2.12. The van der Waals surface area contributed by atoms with Crippen molar-refractivity contribution in [2.24, 2.45) is 0 Å². The van der Waals surface area contributed by atoms with E-state index in [4.69, 9.17) is 9.84 Å². The number of carboxylic acid groups (broad SMARTS) is 1. The van der Waals surface area contributed by atoms with Crippen molar-refractivity contribution in [1.82, 2.24) is 4.90 Å². The number of benzene rings is 1. The zero-order valence-corrected chi connectivity index (χ0v) is 13.4. The summed E-state index contributed by atoms with van der Waals surface area (Å²) in [7, 11) is 0. The number of nitrogens with zero attached hydrogens (tertiary/aromatic N) is 1. The lowest BCUT2D eigenvalue weighted by molar-refractivity contribution is -0.0530. The standard InChI is InChI=1S/C14H17BrN2O4/c1-8-6-17(7-9(2)21-8)14(20)16-12-5-10(13(18)19)3-4-11(12)15/h3-5,8-9H,6-7H2,1-2H3,(H,16,20)(H,18,19)/t8-,9+. The summed E-state index contributed by atoms with van der Waals surface area (Å²) in [6.07, 6.45) is -0.0402. The van der Waals surface area contributed by atoms with Gasteiger partial charge in [0.05, 0.1) is 23.5 Å². The van der Waals surface area contributed by atoms with Gasteiger partial charge in [-0.1, -0.05) is 0 Å². The summed E-state index contributed by atoms with van der Waals surface area (Å²) in [5, 5.41) is 11.7. The van der Waals surface area contributed by atoms with Crippen molar-refractivity contribution in [3.8, 4) is 0 Å². The van der Waals surface area contributed by atoms with Crippen LogP contribution in [0.25, 0.3) is 0 Å². The molecule has 1 heterocycles. The van der Waals surface area contributed by atoms with Crippen LogP contribution in [0.3, 0.4) is 0 Å². The Bertz CT molecular complexity index is 554. The largest absolute Gasteiger partial charge is 0.478 e. The number of morpholine rings is 1. The number of carbonyl (C=O) groups excluding carboxylic acids is 1. The van der Waals surface area contributed by atoms with Crippen LogP contribution < -0.4 is 5.32 Å². The predicted octanol–water partition coefficient (Wildman–Crippen LogP) is 2.79. The first-order chi connectivity index (χ1) is 9.86. The minimum absolute atomic E-state index is 0.0201. The summed E-state index contributed by atoms with van der Waals surface area (Å²) in [4.78, 5) is 24.9. The Labute approximate surface area is 131 Å². The highest BCUT2D eigenvalue weighted by Crippen LogP contribution is 2.24. The highest BCUT2D eigenvalue weighted by atomic mass is 79.9. The molecule has 2 atom stereocenters. The topological polar surface area (TPSA) is 78.9 Å². The van der Waals surface area contributed by atoms with E-state index in [2.05, 4.69) is 21.2 Å². The van der Waals surface area contributed by atoms with E-state index in [0.717, 1.165) is 0 Å². The molecule has 2 amide bonds. The number of nitrogens with one attached hydrogen (secondary N) is 1. The number of ether oxygens (including phenoxy) is 1. The van der Waals surface area contributed by atoms with Crippen LogP contribution in [0.2, 0.25) is 0 Å². The first-order valence-electron chi connectivity index (χ1n) is 6.61.